The van der Waals surface area contributed by atoms with Gasteiger partial charge in [0.05, 0.1) is 4.90 Å². The Morgan fingerprint density at radius 3 is 2.78 bits per heavy atom. The summed E-state index contributed by atoms with van der Waals surface area (Å²) in [5.41, 5.74) is 0.447. The molecule has 0 saturated carbocycles. The van der Waals surface area contributed by atoms with E-state index in [9.17, 15) is 12.8 Å². The number of halogens is 1. The van der Waals surface area contributed by atoms with Crippen LogP contribution in [0.1, 0.15) is 12.5 Å². The average molecular weight is 272 g/mol. The Bertz CT molecular complexity index is 545. The van der Waals surface area contributed by atoms with Gasteiger partial charge in [-0.2, -0.15) is 4.31 Å². The van der Waals surface area contributed by atoms with Crippen LogP contribution in [0.15, 0.2) is 23.1 Å². The molecule has 2 rings (SSSR count). The van der Waals surface area contributed by atoms with Crippen molar-refractivity contribution in [2.24, 2.45) is 0 Å². The molecule has 4 nitrogen and oxygen atoms in total. The molecular formula is C12H17FN2O2S. The van der Waals surface area contributed by atoms with Crippen molar-refractivity contribution in [1.82, 2.24) is 9.62 Å². The molecule has 0 radical (unpaired) electrons. The molecule has 0 amide bonds. The van der Waals surface area contributed by atoms with Gasteiger partial charge in [-0.25, -0.2) is 12.8 Å². The predicted molar refractivity (Wildman–Crippen MR) is 67.4 cm³/mol. The Balaban J connectivity index is 2.37. The Kier molecular flexibility index (Phi) is 3.70. The van der Waals surface area contributed by atoms with Crippen molar-refractivity contribution < 1.29 is 12.8 Å². The monoisotopic (exact) mass is 272 g/mol. The average Bonchev–Trinajstić information content (AvgIpc) is 2.33. The highest BCUT2D eigenvalue weighted by Gasteiger charge is 2.31. The van der Waals surface area contributed by atoms with Gasteiger partial charge in [0, 0.05) is 25.7 Å². The van der Waals surface area contributed by atoms with Gasteiger partial charge < -0.3 is 5.32 Å². The molecular weight excluding hydrogens is 255 g/mol. The molecule has 1 aliphatic rings. The normalized spacial score (nSPS) is 22.1. The fourth-order valence-corrected chi connectivity index (χ4v) is 3.69. The van der Waals surface area contributed by atoms with Crippen molar-refractivity contribution in [2.75, 3.05) is 19.6 Å². The van der Waals surface area contributed by atoms with Gasteiger partial charge in [0.1, 0.15) is 5.82 Å². The van der Waals surface area contributed by atoms with Crippen molar-refractivity contribution >= 4 is 10.0 Å². The van der Waals surface area contributed by atoms with E-state index in [0.717, 1.165) is 6.07 Å². The highest BCUT2D eigenvalue weighted by molar-refractivity contribution is 7.89. The van der Waals surface area contributed by atoms with E-state index in [1.54, 1.807) is 6.92 Å². The third-order valence-electron chi connectivity index (χ3n) is 3.19. The SMILES string of the molecule is Cc1ccc(S(=O)(=O)N2CCNC[C@@H]2C)cc1F. The largest absolute Gasteiger partial charge is 0.314 e. The van der Waals surface area contributed by atoms with E-state index in [1.165, 1.54) is 16.4 Å². The zero-order chi connectivity index (χ0) is 13.3. The van der Waals surface area contributed by atoms with Gasteiger partial charge in [-0.1, -0.05) is 6.07 Å². The van der Waals surface area contributed by atoms with Crippen LogP contribution < -0.4 is 5.32 Å². The van der Waals surface area contributed by atoms with Gasteiger partial charge >= 0.3 is 0 Å². The van der Waals surface area contributed by atoms with E-state index in [4.69, 9.17) is 0 Å². The smallest absolute Gasteiger partial charge is 0.243 e. The number of rotatable bonds is 2. The van der Waals surface area contributed by atoms with Crippen LogP contribution in [-0.2, 0) is 10.0 Å². The van der Waals surface area contributed by atoms with Gasteiger partial charge in [-0.15, -0.1) is 0 Å². The second-order valence-electron chi connectivity index (χ2n) is 4.58. The van der Waals surface area contributed by atoms with Crippen LogP contribution in [-0.4, -0.2) is 38.4 Å². The number of hydrogen-bond donors (Lipinski definition) is 1. The molecule has 1 aromatic carbocycles. The Morgan fingerprint density at radius 2 is 2.17 bits per heavy atom. The minimum absolute atomic E-state index is 0.0272. The summed E-state index contributed by atoms with van der Waals surface area (Å²) in [5.74, 6) is -0.487. The third-order valence-corrected chi connectivity index (χ3v) is 5.20. The maximum absolute atomic E-state index is 13.5. The van der Waals surface area contributed by atoms with Gasteiger partial charge in [0.25, 0.3) is 0 Å². The Morgan fingerprint density at radius 1 is 1.44 bits per heavy atom. The molecule has 0 spiro atoms. The molecule has 0 unspecified atom stereocenters. The van der Waals surface area contributed by atoms with Crippen molar-refractivity contribution in [3.8, 4) is 0 Å². The lowest BCUT2D eigenvalue weighted by Crippen LogP contribution is -2.52. The summed E-state index contributed by atoms with van der Waals surface area (Å²) in [5, 5.41) is 3.13. The first kappa shape index (κ1) is 13.5. The van der Waals surface area contributed by atoms with E-state index in [1.807, 2.05) is 6.92 Å². The molecule has 1 aromatic rings. The summed E-state index contributed by atoms with van der Waals surface area (Å²) in [4.78, 5) is 0.0272. The Labute approximate surface area is 107 Å². The predicted octanol–water partition coefficient (Wildman–Crippen LogP) is 1.12. The number of piperazine rings is 1. The summed E-state index contributed by atoms with van der Waals surface area (Å²) >= 11 is 0. The lowest BCUT2D eigenvalue weighted by molar-refractivity contribution is 0.283. The quantitative estimate of drug-likeness (QED) is 0.877. The second-order valence-corrected chi connectivity index (χ2v) is 6.47. The van der Waals surface area contributed by atoms with Crippen molar-refractivity contribution in [2.45, 2.75) is 24.8 Å². The number of hydrogen-bond acceptors (Lipinski definition) is 3. The molecule has 1 fully saturated rings. The Hall–Kier alpha value is -0.980. The van der Waals surface area contributed by atoms with Gasteiger partial charge in [-0.3, -0.25) is 0 Å². The number of aryl methyl sites for hydroxylation is 1. The van der Waals surface area contributed by atoms with E-state index in [-0.39, 0.29) is 10.9 Å². The van der Waals surface area contributed by atoms with Crippen LogP contribution in [0.4, 0.5) is 4.39 Å². The standard InChI is InChI=1S/C12H17FN2O2S/c1-9-3-4-11(7-12(9)13)18(16,17)15-6-5-14-8-10(15)2/h3-4,7,10,14H,5-6,8H2,1-2H3/t10-/m0/s1. The van der Waals surface area contributed by atoms with Crippen LogP contribution in [0.3, 0.4) is 0 Å². The van der Waals surface area contributed by atoms with Crippen molar-refractivity contribution in [3.05, 3.63) is 29.6 Å². The van der Waals surface area contributed by atoms with Crippen LogP contribution in [0.25, 0.3) is 0 Å². The molecule has 1 aliphatic heterocycles. The molecule has 0 aliphatic carbocycles. The van der Waals surface area contributed by atoms with Gasteiger partial charge in [-0.05, 0) is 31.5 Å². The zero-order valence-electron chi connectivity index (χ0n) is 10.5. The number of nitrogens with one attached hydrogen (secondary N) is 1. The first-order valence-electron chi connectivity index (χ1n) is 5.91. The summed E-state index contributed by atoms with van der Waals surface area (Å²) in [6.07, 6.45) is 0. The zero-order valence-corrected chi connectivity index (χ0v) is 11.3. The summed E-state index contributed by atoms with van der Waals surface area (Å²) < 4.78 is 39.7. The van der Waals surface area contributed by atoms with Gasteiger partial charge in [0.15, 0.2) is 0 Å². The maximum Gasteiger partial charge on any atom is 0.243 e. The molecule has 1 heterocycles. The minimum Gasteiger partial charge on any atom is -0.314 e. The van der Waals surface area contributed by atoms with Crippen LogP contribution in [0, 0.1) is 12.7 Å². The second kappa shape index (κ2) is 4.95. The molecule has 18 heavy (non-hydrogen) atoms. The molecule has 0 bridgehead atoms. The number of benzene rings is 1. The lowest BCUT2D eigenvalue weighted by atomic mass is 10.2. The first-order valence-corrected chi connectivity index (χ1v) is 7.35. The highest BCUT2D eigenvalue weighted by atomic mass is 32.2. The molecule has 1 saturated heterocycles. The molecule has 1 N–H and O–H groups in total. The van der Waals surface area contributed by atoms with E-state index < -0.39 is 15.8 Å². The summed E-state index contributed by atoms with van der Waals surface area (Å²) in [6, 6.07) is 3.94. The highest BCUT2D eigenvalue weighted by Crippen LogP contribution is 2.21. The fraction of sp³-hybridized carbons (Fsp3) is 0.500. The van der Waals surface area contributed by atoms with Crippen LogP contribution in [0.2, 0.25) is 0 Å². The van der Waals surface area contributed by atoms with Crippen LogP contribution in [0.5, 0.6) is 0 Å². The summed E-state index contributed by atoms with van der Waals surface area (Å²) in [6.45, 7) is 5.11. The number of sulfonamides is 1. The molecule has 100 valence electrons. The lowest BCUT2D eigenvalue weighted by Gasteiger charge is -2.32. The van der Waals surface area contributed by atoms with E-state index in [2.05, 4.69) is 5.32 Å². The maximum atomic E-state index is 13.5. The van der Waals surface area contributed by atoms with Crippen LogP contribution >= 0.6 is 0 Å². The van der Waals surface area contributed by atoms with E-state index >= 15 is 0 Å². The van der Waals surface area contributed by atoms with Crippen molar-refractivity contribution in [3.63, 3.8) is 0 Å². The first-order chi connectivity index (χ1) is 8.43. The number of nitrogens with zero attached hydrogens (tertiary/aromatic N) is 1. The molecule has 0 aromatic heterocycles. The van der Waals surface area contributed by atoms with E-state index in [0.29, 0.717) is 25.2 Å². The van der Waals surface area contributed by atoms with Crippen molar-refractivity contribution in [1.29, 1.82) is 0 Å². The third kappa shape index (κ3) is 2.41. The summed E-state index contributed by atoms with van der Waals surface area (Å²) in [7, 11) is -3.60. The topological polar surface area (TPSA) is 49.4 Å². The fourth-order valence-electron chi connectivity index (χ4n) is 2.05. The van der Waals surface area contributed by atoms with Gasteiger partial charge in [0.2, 0.25) is 10.0 Å². The molecule has 6 heteroatoms. The minimum atomic E-state index is -3.60. The molecule has 1 atom stereocenters.